The van der Waals surface area contributed by atoms with Crippen molar-refractivity contribution in [2.24, 2.45) is 0 Å². The molecule has 1 unspecified atom stereocenters. The number of quaternary nitrogens is 1. The van der Waals surface area contributed by atoms with Gasteiger partial charge < -0.3 is 18.4 Å². The summed E-state index contributed by atoms with van der Waals surface area (Å²) in [5.41, 5.74) is -13.4. The highest BCUT2D eigenvalue weighted by Crippen LogP contribution is 2.49. The van der Waals surface area contributed by atoms with Crippen LogP contribution < -0.4 is 14.0 Å². The van der Waals surface area contributed by atoms with Crippen LogP contribution in [0.25, 0.3) is 0 Å². The predicted molar refractivity (Wildman–Crippen MR) is 194 cm³/mol. The van der Waals surface area contributed by atoms with Crippen LogP contribution in [0.2, 0.25) is 0 Å². The summed E-state index contributed by atoms with van der Waals surface area (Å²) in [6.07, 6.45) is -29.2. The van der Waals surface area contributed by atoms with Crippen LogP contribution in [0.5, 0.6) is 17.2 Å². The summed E-state index contributed by atoms with van der Waals surface area (Å²) < 4.78 is 270. The molecule has 0 saturated carbocycles. The molecule has 0 radical (unpaired) electrons. The van der Waals surface area contributed by atoms with Crippen molar-refractivity contribution < 1.29 is 97.5 Å². The third-order valence-electron chi connectivity index (χ3n) is 10.5. The van der Waals surface area contributed by atoms with E-state index in [1.54, 1.807) is 20.8 Å². The molecule has 0 aliphatic heterocycles. The van der Waals surface area contributed by atoms with E-state index in [1.165, 1.54) is 0 Å². The minimum Gasteiger partial charge on any atom is -0.490 e. The van der Waals surface area contributed by atoms with E-state index in [2.05, 4.69) is 0 Å². The zero-order chi connectivity index (χ0) is 48.0. The Morgan fingerprint density at radius 3 is 1.11 bits per heavy atom. The number of hydrogen-bond donors (Lipinski definition) is 0. The minimum atomic E-state index is -5.64. The molecule has 0 aromatic heterocycles. The fourth-order valence-corrected chi connectivity index (χ4v) is 7.17. The van der Waals surface area contributed by atoms with Gasteiger partial charge in [0.1, 0.15) is 23.3 Å². The number of alkyl halides is 18. The molecule has 0 saturated heterocycles. The summed E-state index contributed by atoms with van der Waals surface area (Å²) in [4.78, 5) is 0. The molecule has 63 heavy (non-hydrogen) atoms. The van der Waals surface area contributed by atoms with Crippen molar-refractivity contribution in [2.75, 3.05) is 19.6 Å². The summed E-state index contributed by atoms with van der Waals surface area (Å²) in [6, 6.07) is -3.07. The van der Waals surface area contributed by atoms with Gasteiger partial charge in [0.15, 0.2) is 0 Å². The lowest BCUT2D eigenvalue weighted by molar-refractivity contribution is -0.953. The van der Waals surface area contributed by atoms with Crippen LogP contribution in [-0.4, -0.2) is 31.4 Å². The van der Waals surface area contributed by atoms with Crippen molar-refractivity contribution in [1.29, 1.82) is 0 Å². The van der Waals surface area contributed by atoms with E-state index in [4.69, 9.17) is 14.0 Å². The fraction of sp³-hybridized carbons (Fsp3) is 0.550. The lowest BCUT2D eigenvalue weighted by atomic mass is 9.89. The van der Waals surface area contributed by atoms with Crippen LogP contribution in [0, 0.1) is 0 Å². The number of rotatable bonds is 19. The zero-order valence-electron chi connectivity index (χ0n) is 34.0. The quantitative estimate of drug-likeness (QED) is 0.0519. The molecule has 0 N–H and O–H groups in total. The Labute approximate surface area is 351 Å². The normalized spacial score (nSPS) is 13.9. The first-order chi connectivity index (χ1) is 28.8. The molecule has 4 nitrogen and oxygen atoms in total. The van der Waals surface area contributed by atoms with Crippen LogP contribution in [0.3, 0.4) is 0 Å². The van der Waals surface area contributed by atoms with Gasteiger partial charge in [0.2, 0.25) is 0 Å². The van der Waals surface area contributed by atoms with Gasteiger partial charge in [0.05, 0.1) is 58.6 Å². The Kier molecular flexibility index (Phi) is 17.2. The van der Waals surface area contributed by atoms with E-state index < -0.39 is 119 Å². The molecule has 3 rings (SSSR count). The number of benzene rings is 3. The van der Waals surface area contributed by atoms with Gasteiger partial charge in [0.25, 0.3) is 0 Å². The fourth-order valence-electron chi connectivity index (χ4n) is 7.17. The first-order valence-electron chi connectivity index (χ1n) is 19.6. The Balaban J connectivity index is 2.48. The van der Waals surface area contributed by atoms with Crippen LogP contribution >= 0.6 is 0 Å². The average Bonchev–Trinajstić information content (AvgIpc) is 3.15. The van der Waals surface area contributed by atoms with E-state index in [0.717, 1.165) is 25.7 Å². The third kappa shape index (κ3) is 14.4. The van der Waals surface area contributed by atoms with Gasteiger partial charge in [-0.3, -0.25) is 0 Å². The maximum Gasteiger partial charge on any atom is 0.864 e. The number of nitrogens with zero attached hydrogens (tertiary/aromatic N) is 1. The van der Waals surface area contributed by atoms with Gasteiger partial charge in [0, 0.05) is 6.42 Å². The second kappa shape index (κ2) is 20.3. The van der Waals surface area contributed by atoms with Gasteiger partial charge >= 0.3 is 44.4 Å². The van der Waals surface area contributed by atoms with E-state index in [1.807, 2.05) is 6.92 Å². The largest absolute Gasteiger partial charge is 0.864 e. The SMILES string of the molecule is CCCCCCCCCC(c1c(OB(Oc2cc(C(F)(F)F)cc(C(F)(F)F)c2)Oc2cc(C(F)(F)F)cc(C(F)(F)F)c2)cc(C(F)(F)F)cc1C(F)(F)F)[N+](CC)(CC)CC. The zero-order valence-corrected chi connectivity index (χ0v) is 34.0. The molecule has 3 aromatic rings. The minimum absolute atomic E-state index is 0.00172. The first kappa shape index (κ1) is 53.2. The molecule has 0 heterocycles. The second-order valence-electron chi connectivity index (χ2n) is 14.6. The summed E-state index contributed by atoms with van der Waals surface area (Å²) >= 11 is 0. The monoisotopic (exact) mass is 938 g/mol. The van der Waals surface area contributed by atoms with E-state index in [0.29, 0.717) is 12.8 Å². The van der Waals surface area contributed by atoms with Crippen molar-refractivity contribution in [3.8, 4) is 17.2 Å². The highest BCUT2D eigenvalue weighted by Gasteiger charge is 2.48. The summed E-state index contributed by atoms with van der Waals surface area (Å²) in [6.45, 7) is 6.77. The van der Waals surface area contributed by atoms with E-state index >= 15 is 13.2 Å². The maximum absolute atomic E-state index is 15.2. The molecule has 23 heteroatoms. The van der Waals surface area contributed by atoms with Gasteiger partial charge in [-0.2, -0.15) is 79.0 Å². The smallest absolute Gasteiger partial charge is 0.490 e. The predicted octanol–water partition coefficient (Wildman–Crippen LogP) is 15.4. The standard InChI is InChI=1S/C40H43BF18NO3/c1-5-9-10-11-12-13-14-15-32(60(6-2,7-3)8-4)34-31(40(57,58)59)22-28(39(54,55)56)23-33(34)63-41(61-29-18-24(35(42,43)44)16-25(19-29)36(45,46)47)62-30-20-26(37(48,49)50)17-27(21-30)38(51,52)53/h16-23,32H,5-15H2,1-4H3/q+1. The molecule has 354 valence electrons. The molecular formula is C40H43BF18NO3+. The van der Waals surface area contributed by atoms with Gasteiger partial charge in [-0.1, -0.05) is 45.4 Å². The third-order valence-corrected chi connectivity index (χ3v) is 10.5. The molecule has 0 fully saturated rings. The number of hydrogen-bond acceptors (Lipinski definition) is 3. The summed E-state index contributed by atoms with van der Waals surface area (Å²) in [5.74, 6) is -4.59. The van der Waals surface area contributed by atoms with E-state index in [-0.39, 0.29) is 73.4 Å². The Hall–Kier alpha value is -4.18. The highest BCUT2D eigenvalue weighted by molar-refractivity contribution is 6.39. The molecule has 1 atom stereocenters. The molecule has 0 bridgehead atoms. The average molecular weight is 939 g/mol. The Morgan fingerprint density at radius 2 is 0.778 bits per heavy atom. The molecule has 0 aliphatic rings. The van der Waals surface area contributed by atoms with E-state index in [9.17, 15) is 65.9 Å². The molecular weight excluding hydrogens is 895 g/mol. The van der Waals surface area contributed by atoms with Gasteiger partial charge in [-0.15, -0.1) is 0 Å². The van der Waals surface area contributed by atoms with Crippen LogP contribution in [-0.2, 0) is 37.1 Å². The van der Waals surface area contributed by atoms with Crippen molar-refractivity contribution in [2.45, 2.75) is 122 Å². The van der Waals surface area contributed by atoms with Crippen molar-refractivity contribution >= 4 is 7.32 Å². The number of unbranched alkanes of at least 4 members (excludes halogenated alkanes) is 6. The van der Waals surface area contributed by atoms with Crippen LogP contribution in [0.4, 0.5) is 79.0 Å². The molecule has 0 amide bonds. The van der Waals surface area contributed by atoms with Crippen molar-refractivity contribution in [3.63, 3.8) is 0 Å². The van der Waals surface area contributed by atoms with Crippen molar-refractivity contribution in [3.05, 3.63) is 87.5 Å². The Bertz CT molecular complexity index is 1800. The summed E-state index contributed by atoms with van der Waals surface area (Å²) in [7, 11) is -3.27. The number of halogens is 18. The van der Waals surface area contributed by atoms with Crippen molar-refractivity contribution in [1.82, 2.24) is 0 Å². The maximum atomic E-state index is 15.2. The summed E-state index contributed by atoms with van der Waals surface area (Å²) in [5, 5.41) is 0. The first-order valence-corrected chi connectivity index (χ1v) is 19.6. The van der Waals surface area contributed by atoms with Gasteiger partial charge in [-0.05, 0) is 75.7 Å². The van der Waals surface area contributed by atoms with Gasteiger partial charge in [-0.25, -0.2) is 0 Å². The highest BCUT2D eigenvalue weighted by atomic mass is 19.4. The van der Waals surface area contributed by atoms with Crippen LogP contribution in [0.1, 0.15) is 124 Å². The Morgan fingerprint density at radius 1 is 0.429 bits per heavy atom. The lowest BCUT2D eigenvalue weighted by Crippen LogP contribution is -2.51. The lowest BCUT2D eigenvalue weighted by Gasteiger charge is -2.44. The molecule has 0 aliphatic carbocycles. The topological polar surface area (TPSA) is 27.7 Å². The second-order valence-corrected chi connectivity index (χ2v) is 14.6. The molecule has 0 spiro atoms. The van der Waals surface area contributed by atoms with Crippen LogP contribution in [0.15, 0.2) is 48.5 Å². The molecule has 3 aromatic carbocycles.